The Morgan fingerprint density at radius 1 is 0.404 bits per heavy atom. The molecule has 0 bridgehead atoms. The smallest absolute Gasteiger partial charge is 0.173 e. The summed E-state index contributed by atoms with van der Waals surface area (Å²) in [6.45, 7) is 28.0. The molecule has 0 N–H and O–H groups in total. The molecule has 306 valence electrons. The predicted molar refractivity (Wildman–Crippen MR) is 242 cm³/mol. The third-order valence-electron chi connectivity index (χ3n) is 10.6. The molecule has 1 rings (SSSR count). The first-order chi connectivity index (χ1) is 24.6. The van der Waals surface area contributed by atoms with Crippen molar-refractivity contribution in [2.75, 3.05) is 13.2 Å². The van der Waals surface area contributed by atoms with Crippen LogP contribution in [-0.2, 0) is 14.7 Å². The Labute approximate surface area is 330 Å². The van der Waals surface area contributed by atoms with Gasteiger partial charge in [-0.05, 0) is 114 Å². The largest absolute Gasteiger partial charge is 0.493 e. The third kappa shape index (κ3) is 26.4. The number of hydrogen-bond donors (Lipinski definition) is 0. The monoisotopic (exact) mass is 795 g/mol. The number of rotatable bonds is 35. The molecule has 0 saturated heterocycles. The highest BCUT2D eigenvalue weighted by Crippen LogP contribution is 2.29. The predicted octanol–water partition coefficient (Wildman–Crippen LogP) is 15.7. The first-order valence-corrected chi connectivity index (χ1v) is 34.9. The molecule has 0 saturated carbocycles. The maximum Gasteiger partial charge on any atom is 0.173 e. The molecule has 0 spiro atoms. The second-order valence-electron chi connectivity index (χ2n) is 18.5. The first kappa shape index (κ1) is 49.6. The van der Waals surface area contributed by atoms with Gasteiger partial charge in [0.1, 0.15) is 11.5 Å². The highest BCUT2D eigenvalue weighted by molar-refractivity contribution is 6.85. The van der Waals surface area contributed by atoms with Crippen LogP contribution in [0.4, 0.5) is 0 Å². The van der Waals surface area contributed by atoms with Crippen molar-refractivity contribution < 1.29 is 17.7 Å². The number of aryl methyl sites for hydroxylation is 1. The van der Waals surface area contributed by atoms with Gasteiger partial charge in [0.25, 0.3) is 0 Å². The van der Waals surface area contributed by atoms with Gasteiger partial charge in [0, 0.05) is 6.07 Å². The summed E-state index contributed by atoms with van der Waals surface area (Å²) in [6, 6.07) is 11.8. The van der Waals surface area contributed by atoms with Crippen molar-refractivity contribution in [2.24, 2.45) is 0 Å². The minimum absolute atomic E-state index is 0.784. The summed E-state index contributed by atoms with van der Waals surface area (Å²) < 4.78 is 26.5. The molecule has 0 amide bonds. The van der Waals surface area contributed by atoms with Crippen LogP contribution in [0.15, 0.2) is 18.2 Å². The Kier molecular flexibility index (Phi) is 26.8. The summed E-state index contributed by atoms with van der Waals surface area (Å²) in [5.41, 5.74) is 1.34. The van der Waals surface area contributed by atoms with Gasteiger partial charge in [-0.2, -0.15) is 0 Å². The van der Waals surface area contributed by atoms with Gasteiger partial charge in [-0.3, -0.25) is 0 Å². The maximum absolute atomic E-state index is 6.90. The SMILES string of the molecule is CCCCCCc1ccc(OCCCCCC[Si](C)(C)O[Si](C)(C)CCCCCC)cc1OCCCCCC[Si](C)(C)O[Si](C)(C)CCCCCC. The molecule has 52 heavy (non-hydrogen) atoms. The van der Waals surface area contributed by atoms with Crippen LogP contribution in [0.25, 0.3) is 0 Å². The molecule has 4 nitrogen and oxygen atoms in total. The highest BCUT2D eigenvalue weighted by Gasteiger charge is 2.33. The first-order valence-electron chi connectivity index (χ1n) is 22.4. The standard InChI is InChI=1S/C44H90O4Si4/c1-12-15-18-25-32-42-33-34-43(45-35-26-21-23-30-39-51(8,9)47-49(4,5)37-28-19-16-13-2)41-44(42)46-36-27-22-24-31-40-52(10,11)48-50(6,7)38-29-20-17-14-3/h33-34,41H,12-32,35-40H2,1-11H3. The van der Waals surface area contributed by atoms with Gasteiger partial charge in [-0.25, -0.2) is 0 Å². The van der Waals surface area contributed by atoms with Gasteiger partial charge in [-0.1, -0.05) is 136 Å². The van der Waals surface area contributed by atoms with E-state index in [1.54, 1.807) is 0 Å². The quantitative estimate of drug-likeness (QED) is 0.0507. The number of hydrogen-bond acceptors (Lipinski definition) is 4. The molecule has 1 aromatic carbocycles. The van der Waals surface area contributed by atoms with Gasteiger partial charge in [0.2, 0.25) is 0 Å². The minimum atomic E-state index is -1.59. The lowest BCUT2D eigenvalue weighted by molar-refractivity contribution is 0.288. The molecular formula is C44H90O4Si4. The zero-order valence-electron chi connectivity index (χ0n) is 37.0. The van der Waals surface area contributed by atoms with E-state index in [2.05, 4.69) is 91.3 Å². The van der Waals surface area contributed by atoms with Crippen molar-refractivity contribution in [3.05, 3.63) is 23.8 Å². The fourth-order valence-corrected chi connectivity index (χ4v) is 25.8. The lowest BCUT2D eigenvalue weighted by Gasteiger charge is -2.34. The fourth-order valence-electron chi connectivity index (χ4n) is 7.75. The second kappa shape index (κ2) is 28.1. The van der Waals surface area contributed by atoms with Crippen molar-refractivity contribution in [3.63, 3.8) is 0 Å². The molecule has 0 radical (unpaired) electrons. The summed E-state index contributed by atoms with van der Waals surface area (Å²) in [5, 5.41) is 0. The molecule has 0 unspecified atom stereocenters. The van der Waals surface area contributed by atoms with Gasteiger partial charge < -0.3 is 17.7 Å². The Balaban J connectivity index is 2.45. The third-order valence-corrected chi connectivity index (χ3v) is 25.7. The van der Waals surface area contributed by atoms with Crippen LogP contribution in [0.5, 0.6) is 11.5 Å². The molecule has 0 fully saturated rings. The van der Waals surface area contributed by atoms with Crippen molar-refractivity contribution in [1.29, 1.82) is 0 Å². The molecule has 0 heterocycles. The van der Waals surface area contributed by atoms with Crippen LogP contribution in [0.2, 0.25) is 76.6 Å². The van der Waals surface area contributed by atoms with Crippen LogP contribution in [0.3, 0.4) is 0 Å². The van der Waals surface area contributed by atoms with Crippen molar-refractivity contribution in [2.45, 2.75) is 232 Å². The average molecular weight is 796 g/mol. The average Bonchev–Trinajstić information content (AvgIpc) is 3.05. The van der Waals surface area contributed by atoms with Crippen LogP contribution >= 0.6 is 0 Å². The molecule has 8 heteroatoms. The normalized spacial score (nSPS) is 12.8. The van der Waals surface area contributed by atoms with E-state index in [1.807, 2.05) is 0 Å². The van der Waals surface area contributed by atoms with Crippen LogP contribution in [0.1, 0.15) is 155 Å². The van der Waals surface area contributed by atoms with Gasteiger partial charge in [-0.15, -0.1) is 0 Å². The molecule has 0 aliphatic carbocycles. The van der Waals surface area contributed by atoms with E-state index >= 15 is 0 Å². The minimum Gasteiger partial charge on any atom is -0.493 e. The molecule has 0 atom stereocenters. The molecular weight excluding hydrogens is 705 g/mol. The number of unbranched alkanes of at least 4 members (excludes halogenated alkanes) is 15. The molecule has 0 aliphatic heterocycles. The van der Waals surface area contributed by atoms with Crippen LogP contribution < -0.4 is 9.47 Å². The van der Waals surface area contributed by atoms with E-state index in [4.69, 9.17) is 17.7 Å². The summed E-state index contributed by atoms with van der Waals surface area (Å²) in [6.07, 6.45) is 26.8. The van der Waals surface area contributed by atoms with E-state index in [0.29, 0.717) is 0 Å². The highest BCUT2D eigenvalue weighted by atomic mass is 28.4. The van der Waals surface area contributed by atoms with E-state index in [0.717, 1.165) is 44.0 Å². The van der Waals surface area contributed by atoms with E-state index in [9.17, 15) is 0 Å². The van der Waals surface area contributed by atoms with Gasteiger partial charge in [0.05, 0.1) is 13.2 Å². The Bertz CT molecular complexity index is 1010. The Morgan fingerprint density at radius 3 is 1.19 bits per heavy atom. The molecule has 1 aromatic rings. The van der Waals surface area contributed by atoms with Crippen LogP contribution in [0, 0.1) is 0 Å². The zero-order chi connectivity index (χ0) is 38.8. The van der Waals surface area contributed by atoms with Crippen molar-refractivity contribution in [3.8, 4) is 11.5 Å². The fraction of sp³-hybridized carbons (Fsp3) is 0.864. The Morgan fingerprint density at radius 2 is 0.769 bits per heavy atom. The van der Waals surface area contributed by atoms with Gasteiger partial charge in [0.15, 0.2) is 33.3 Å². The van der Waals surface area contributed by atoms with E-state index in [-0.39, 0.29) is 0 Å². The summed E-state index contributed by atoms with van der Waals surface area (Å²) in [4.78, 5) is 0. The summed E-state index contributed by atoms with van der Waals surface area (Å²) >= 11 is 0. The molecule has 0 aromatic heterocycles. The lowest BCUT2D eigenvalue weighted by atomic mass is 10.0. The second-order valence-corrected chi connectivity index (χ2v) is 36.2. The zero-order valence-corrected chi connectivity index (χ0v) is 41.0. The number of benzene rings is 1. The van der Waals surface area contributed by atoms with Gasteiger partial charge >= 0.3 is 0 Å². The van der Waals surface area contributed by atoms with Crippen molar-refractivity contribution in [1.82, 2.24) is 0 Å². The van der Waals surface area contributed by atoms with Crippen LogP contribution in [-0.4, -0.2) is 46.5 Å². The summed E-state index contributed by atoms with van der Waals surface area (Å²) in [7, 11) is -6.24. The molecule has 0 aliphatic rings. The van der Waals surface area contributed by atoms with E-state index in [1.165, 1.54) is 145 Å². The van der Waals surface area contributed by atoms with E-state index < -0.39 is 33.3 Å². The lowest BCUT2D eigenvalue weighted by Crippen LogP contribution is -2.44. The van der Waals surface area contributed by atoms with Crippen molar-refractivity contribution >= 4 is 33.3 Å². The topological polar surface area (TPSA) is 36.9 Å². The maximum atomic E-state index is 6.90. The number of ether oxygens (including phenoxy) is 2. The Hall–Kier alpha value is -0.392. The summed E-state index contributed by atoms with van der Waals surface area (Å²) in [5.74, 6) is 2.01.